The number of nitrogens with zero attached hydrogens (tertiary/aromatic N) is 3. The summed E-state index contributed by atoms with van der Waals surface area (Å²) in [5, 5.41) is 0.341. The Balaban J connectivity index is 2.02. The molecule has 0 amide bonds. The molecular formula is C12H18F3N3O2S2. The van der Waals surface area contributed by atoms with E-state index < -0.39 is 21.1 Å². The predicted octanol–water partition coefficient (Wildman–Crippen LogP) is 2.41. The number of halogens is 3. The summed E-state index contributed by atoms with van der Waals surface area (Å²) in [7, 11) is -3.26. The molecule has 0 unspecified atom stereocenters. The zero-order valence-corrected chi connectivity index (χ0v) is 13.9. The summed E-state index contributed by atoms with van der Waals surface area (Å²) in [6, 6.07) is -0.0988. The highest BCUT2D eigenvalue weighted by atomic mass is 32.2. The van der Waals surface area contributed by atoms with Gasteiger partial charge in [0.05, 0.1) is 12.5 Å². The van der Waals surface area contributed by atoms with E-state index in [0.29, 0.717) is 48.9 Å². The van der Waals surface area contributed by atoms with Gasteiger partial charge < -0.3 is 4.90 Å². The first-order valence-electron chi connectivity index (χ1n) is 6.87. The van der Waals surface area contributed by atoms with E-state index >= 15 is 0 Å². The summed E-state index contributed by atoms with van der Waals surface area (Å²) in [4.78, 5) is 4.91. The van der Waals surface area contributed by atoms with E-state index in [2.05, 4.69) is 4.98 Å². The van der Waals surface area contributed by atoms with Gasteiger partial charge in [0.15, 0.2) is 5.13 Å². The molecule has 22 heavy (non-hydrogen) atoms. The molecule has 0 radical (unpaired) electrons. The zero-order valence-electron chi connectivity index (χ0n) is 12.3. The monoisotopic (exact) mass is 357 g/mol. The average molecular weight is 357 g/mol. The highest BCUT2D eigenvalue weighted by Crippen LogP contribution is 2.37. The topological polar surface area (TPSA) is 53.5 Å². The van der Waals surface area contributed by atoms with Crippen LogP contribution < -0.4 is 4.90 Å². The number of hydrogen-bond donors (Lipinski definition) is 0. The highest BCUT2D eigenvalue weighted by Gasteiger charge is 2.35. The molecule has 0 N–H and O–H groups in total. The smallest absolute Gasteiger partial charge is 0.348 e. The molecule has 0 saturated carbocycles. The van der Waals surface area contributed by atoms with Crippen LogP contribution in [0.15, 0.2) is 6.20 Å². The quantitative estimate of drug-likeness (QED) is 0.830. The van der Waals surface area contributed by atoms with Gasteiger partial charge in [0, 0.05) is 25.7 Å². The minimum atomic E-state index is -4.37. The number of aromatic nitrogens is 1. The van der Waals surface area contributed by atoms with Crippen molar-refractivity contribution in [2.24, 2.45) is 0 Å². The lowest BCUT2D eigenvalue weighted by atomic mass is 10.1. The average Bonchev–Trinajstić information content (AvgIpc) is 2.88. The van der Waals surface area contributed by atoms with Gasteiger partial charge in [-0.25, -0.2) is 13.4 Å². The van der Waals surface area contributed by atoms with Crippen molar-refractivity contribution >= 4 is 26.5 Å². The fraction of sp³-hybridized carbons (Fsp3) is 0.750. The minimum absolute atomic E-state index is 0.0988. The van der Waals surface area contributed by atoms with Gasteiger partial charge in [-0.1, -0.05) is 18.3 Å². The van der Waals surface area contributed by atoms with Gasteiger partial charge in [-0.2, -0.15) is 17.5 Å². The number of rotatable bonds is 4. The second-order valence-electron chi connectivity index (χ2n) is 5.19. The molecule has 1 saturated heterocycles. The maximum absolute atomic E-state index is 12.6. The van der Waals surface area contributed by atoms with Crippen molar-refractivity contribution in [3.63, 3.8) is 0 Å². The maximum atomic E-state index is 12.6. The zero-order chi connectivity index (χ0) is 16.5. The van der Waals surface area contributed by atoms with Crippen LogP contribution in [0.2, 0.25) is 0 Å². The lowest BCUT2D eigenvalue weighted by Gasteiger charge is -2.36. The summed E-state index contributed by atoms with van der Waals surface area (Å²) in [5.41, 5.74) is 0. The van der Waals surface area contributed by atoms with Crippen LogP contribution in [0.3, 0.4) is 0 Å². The molecule has 2 heterocycles. The van der Waals surface area contributed by atoms with E-state index in [-0.39, 0.29) is 6.04 Å². The van der Waals surface area contributed by atoms with Crippen molar-refractivity contribution in [2.45, 2.75) is 32.0 Å². The number of sulfonamides is 1. The fourth-order valence-corrected chi connectivity index (χ4v) is 4.71. The number of anilines is 1. The third-order valence-corrected chi connectivity index (χ3v) is 6.16. The molecule has 0 atom stereocenters. The van der Waals surface area contributed by atoms with Gasteiger partial charge >= 0.3 is 6.18 Å². The molecule has 0 aromatic carbocycles. The molecule has 126 valence electrons. The van der Waals surface area contributed by atoms with Crippen LogP contribution in [-0.4, -0.2) is 49.6 Å². The Bertz CT molecular complexity index is 607. The normalized spacial score (nSPS) is 18.2. The molecule has 1 aliphatic rings. The van der Waals surface area contributed by atoms with Gasteiger partial charge in [0.25, 0.3) is 0 Å². The summed E-state index contributed by atoms with van der Waals surface area (Å²) in [6.07, 6.45) is -1.17. The van der Waals surface area contributed by atoms with Gasteiger partial charge in [-0.3, -0.25) is 0 Å². The first-order valence-corrected chi connectivity index (χ1v) is 9.54. The standard InChI is InChI=1S/C12H18F3N3O2S2/c1-3-18(22(2,19)20)9-4-6-17(7-5-9)11-16-8-10(21-11)12(13,14)15/h8-9H,3-7H2,1-2H3. The van der Waals surface area contributed by atoms with Gasteiger partial charge in [-0.15, -0.1) is 0 Å². The molecule has 0 bridgehead atoms. The van der Waals surface area contributed by atoms with Crippen LogP contribution >= 0.6 is 11.3 Å². The number of piperidine rings is 1. The van der Waals surface area contributed by atoms with Crippen LogP contribution in [0.4, 0.5) is 18.3 Å². The molecule has 1 fully saturated rings. The van der Waals surface area contributed by atoms with Crippen molar-refractivity contribution in [1.82, 2.24) is 9.29 Å². The second kappa shape index (κ2) is 6.32. The van der Waals surface area contributed by atoms with Gasteiger partial charge in [0.1, 0.15) is 4.88 Å². The third-order valence-electron chi connectivity index (χ3n) is 3.65. The first kappa shape index (κ1) is 17.5. The van der Waals surface area contributed by atoms with Gasteiger partial charge in [-0.05, 0) is 12.8 Å². The van der Waals surface area contributed by atoms with Crippen molar-refractivity contribution in [2.75, 3.05) is 30.8 Å². The van der Waals surface area contributed by atoms with Crippen LogP contribution in [0.1, 0.15) is 24.6 Å². The van der Waals surface area contributed by atoms with Crippen molar-refractivity contribution in [1.29, 1.82) is 0 Å². The van der Waals surface area contributed by atoms with Crippen LogP contribution in [-0.2, 0) is 16.2 Å². The lowest BCUT2D eigenvalue weighted by Crippen LogP contribution is -2.47. The van der Waals surface area contributed by atoms with Crippen molar-refractivity contribution in [3.05, 3.63) is 11.1 Å². The van der Waals surface area contributed by atoms with Gasteiger partial charge in [0.2, 0.25) is 10.0 Å². The highest BCUT2D eigenvalue weighted by molar-refractivity contribution is 7.88. The Hall–Kier alpha value is -0.870. The summed E-state index contributed by atoms with van der Waals surface area (Å²) >= 11 is 0.625. The third kappa shape index (κ3) is 3.90. The van der Waals surface area contributed by atoms with Crippen LogP contribution in [0.25, 0.3) is 0 Å². The first-order chi connectivity index (χ1) is 10.1. The molecule has 5 nitrogen and oxygen atoms in total. The number of hydrogen-bond acceptors (Lipinski definition) is 5. The Morgan fingerprint density at radius 3 is 2.41 bits per heavy atom. The van der Waals surface area contributed by atoms with E-state index in [1.807, 2.05) is 0 Å². The van der Waals surface area contributed by atoms with Crippen LogP contribution in [0.5, 0.6) is 0 Å². The van der Waals surface area contributed by atoms with Crippen LogP contribution in [0, 0.1) is 0 Å². The largest absolute Gasteiger partial charge is 0.427 e. The Morgan fingerprint density at radius 1 is 1.41 bits per heavy atom. The van der Waals surface area contributed by atoms with E-state index in [1.54, 1.807) is 11.8 Å². The van der Waals surface area contributed by atoms with E-state index in [0.717, 1.165) is 6.20 Å². The lowest BCUT2D eigenvalue weighted by molar-refractivity contribution is -0.134. The molecule has 10 heteroatoms. The molecule has 1 aromatic heterocycles. The fourth-order valence-electron chi connectivity index (χ4n) is 2.65. The SMILES string of the molecule is CCN(C1CCN(c2ncc(C(F)(F)F)s2)CC1)S(C)(=O)=O. The Kier molecular flexibility index (Phi) is 5.03. The molecule has 1 aliphatic heterocycles. The Morgan fingerprint density at radius 2 is 2.00 bits per heavy atom. The molecule has 2 rings (SSSR count). The van der Waals surface area contributed by atoms with E-state index in [9.17, 15) is 21.6 Å². The summed E-state index contributed by atoms with van der Waals surface area (Å²) < 4.78 is 62.6. The summed E-state index contributed by atoms with van der Waals surface area (Å²) in [5.74, 6) is 0. The molecular weight excluding hydrogens is 339 g/mol. The maximum Gasteiger partial charge on any atom is 0.427 e. The van der Waals surface area contributed by atoms with Crippen molar-refractivity contribution < 1.29 is 21.6 Å². The predicted molar refractivity (Wildman–Crippen MR) is 79.6 cm³/mol. The van der Waals surface area contributed by atoms with Crippen molar-refractivity contribution in [3.8, 4) is 0 Å². The minimum Gasteiger partial charge on any atom is -0.348 e. The Labute approximate surface area is 131 Å². The molecule has 1 aromatic rings. The molecule has 0 aliphatic carbocycles. The number of alkyl halides is 3. The molecule has 0 spiro atoms. The summed E-state index contributed by atoms with van der Waals surface area (Å²) in [6.45, 7) is 3.19. The second-order valence-corrected chi connectivity index (χ2v) is 8.13. The number of thiazole rings is 1. The van der Waals surface area contributed by atoms with E-state index in [4.69, 9.17) is 0 Å². The van der Waals surface area contributed by atoms with E-state index in [1.165, 1.54) is 10.6 Å².